The lowest BCUT2D eigenvalue weighted by atomic mass is 9.95. The van der Waals surface area contributed by atoms with E-state index in [1.807, 2.05) is 70.8 Å². The van der Waals surface area contributed by atoms with E-state index in [2.05, 4.69) is 18.2 Å². The molecule has 0 saturated heterocycles. The lowest BCUT2D eigenvalue weighted by Crippen LogP contribution is -2.42. The number of para-hydroxylation sites is 1. The maximum Gasteiger partial charge on any atom is 0.271 e. The monoisotopic (exact) mass is 461 g/mol. The Labute approximate surface area is 202 Å². The summed E-state index contributed by atoms with van der Waals surface area (Å²) in [4.78, 5) is 31.8. The summed E-state index contributed by atoms with van der Waals surface area (Å²) < 4.78 is 4.02. The van der Waals surface area contributed by atoms with E-state index < -0.39 is 11.8 Å². The predicted molar refractivity (Wildman–Crippen MR) is 134 cm³/mol. The Bertz CT molecular complexity index is 1580. The summed E-state index contributed by atoms with van der Waals surface area (Å²) in [6, 6.07) is 23.9. The summed E-state index contributed by atoms with van der Waals surface area (Å²) in [5, 5.41) is 9.59. The van der Waals surface area contributed by atoms with Crippen molar-refractivity contribution in [1.82, 2.24) is 19.0 Å². The van der Waals surface area contributed by atoms with Gasteiger partial charge in [-0.3, -0.25) is 19.1 Å². The fourth-order valence-electron chi connectivity index (χ4n) is 4.53. The highest BCUT2D eigenvalue weighted by Gasteiger charge is 2.35. The predicted octanol–water partition coefficient (Wildman–Crippen LogP) is 4.64. The zero-order chi connectivity index (χ0) is 24.7. The van der Waals surface area contributed by atoms with Crippen molar-refractivity contribution < 1.29 is 9.59 Å². The molecule has 0 saturated carbocycles. The van der Waals surface area contributed by atoms with Crippen LogP contribution in [-0.2, 0) is 16.6 Å². The van der Waals surface area contributed by atoms with E-state index in [0.717, 1.165) is 33.0 Å². The molecule has 0 atom stereocenters. The van der Waals surface area contributed by atoms with E-state index in [4.69, 9.17) is 4.98 Å². The smallest absolute Gasteiger partial charge is 0.271 e. The van der Waals surface area contributed by atoms with Gasteiger partial charge < -0.3 is 4.57 Å². The van der Waals surface area contributed by atoms with Crippen LogP contribution in [0.5, 0.6) is 0 Å². The number of aryl methyl sites for hydroxylation is 1. The second-order valence-electron chi connectivity index (χ2n) is 8.33. The van der Waals surface area contributed by atoms with E-state index >= 15 is 0 Å². The maximum absolute atomic E-state index is 13.2. The molecule has 0 aliphatic carbocycles. The summed E-state index contributed by atoms with van der Waals surface area (Å²) in [5.41, 5.74) is 5.26. The highest BCUT2D eigenvalue weighted by molar-refractivity contribution is 6.19. The molecule has 0 unspecified atom stereocenters. The van der Waals surface area contributed by atoms with Gasteiger partial charge in [-0.15, -0.1) is 0 Å². The van der Waals surface area contributed by atoms with Crippen molar-refractivity contribution in [2.24, 2.45) is 7.05 Å². The fourth-order valence-corrected chi connectivity index (χ4v) is 4.53. The molecule has 2 amide bonds. The average molecular weight is 462 g/mol. The molecule has 2 aromatic carbocycles. The molecule has 1 aliphatic heterocycles. The van der Waals surface area contributed by atoms with Crippen molar-refractivity contribution in [3.63, 3.8) is 0 Å². The second kappa shape index (κ2) is 8.58. The molecule has 5 rings (SSSR count). The molecular formula is C28H23N5O2. The SMILES string of the molecule is CCN1C(=O)C(C#N)=C(C)/C(=C/c2nc3c(cc(-c4ccccc4)n3C)n2-c2ccccc2)C1=O. The number of carbonyl (C=O) groups excluding carboxylic acids is 2. The Kier molecular flexibility index (Phi) is 5.42. The van der Waals surface area contributed by atoms with Crippen molar-refractivity contribution in [1.29, 1.82) is 5.26 Å². The fraction of sp³-hybridized carbons (Fsp3) is 0.143. The molecular weight excluding hydrogens is 438 g/mol. The molecule has 172 valence electrons. The van der Waals surface area contributed by atoms with Gasteiger partial charge in [-0.1, -0.05) is 48.5 Å². The number of fused-ring (bicyclic) bond motifs is 1. The van der Waals surface area contributed by atoms with Crippen LogP contribution in [0, 0.1) is 11.3 Å². The van der Waals surface area contributed by atoms with Crippen LogP contribution in [0.3, 0.4) is 0 Å². The first-order chi connectivity index (χ1) is 17.0. The summed E-state index contributed by atoms with van der Waals surface area (Å²) >= 11 is 0. The van der Waals surface area contributed by atoms with Crippen LogP contribution in [-0.4, -0.2) is 37.4 Å². The molecule has 0 bridgehead atoms. The third kappa shape index (κ3) is 3.47. The highest BCUT2D eigenvalue weighted by atomic mass is 16.2. The van der Waals surface area contributed by atoms with Crippen molar-refractivity contribution in [3.05, 3.63) is 89.3 Å². The number of imide groups is 1. The van der Waals surface area contributed by atoms with Gasteiger partial charge in [-0.25, -0.2) is 4.98 Å². The van der Waals surface area contributed by atoms with Crippen LogP contribution < -0.4 is 0 Å². The first-order valence-corrected chi connectivity index (χ1v) is 11.3. The Balaban J connectivity index is 1.78. The topological polar surface area (TPSA) is 83.9 Å². The number of hydrogen-bond donors (Lipinski definition) is 0. The molecule has 2 aromatic heterocycles. The quantitative estimate of drug-likeness (QED) is 0.327. The molecule has 7 heteroatoms. The van der Waals surface area contributed by atoms with Gasteiger partial charge in [0.25, 0.3) is 11.8 Å². The molecule has 0 fully saturated rings. The molecule has 1 aliphatic rings. The highest BCUT2D eigenvalue weighted by Crippen LogP contribution is 2.32. The van der Waals surface area contributed by atoms with Crippen LogP contribution in [0.1, 0.15) is 19.7 Å². The Hall–Kier alpha value is -4.70. The first-order valence-electron chi connectivity index (χ1n) is 11.3. The van der Waals surface area contributed by atoms with Crippen molar-refractivity contribution in [3.8, 4) is 23.0 Å². The number of likely N-dealkylation sites (N-methyl/N-ethyl adjacent to an activating group) is 1. The maximum atomic E-state index is 13.2. The molecule has 0 spiro atoms. The van der Waals surface area contributed by atoms with E-state index in [0.29, 0.717) is 17.0 Å². The number of nitriles is 1. The minimum Gasteiger partial charge on any atom is -0.327 e. The number of amides is 2. The van der Waals surface area contributed by atoms with Gasteiger partial charge in [-0.05, 0) is 49.3 Å². The molecule has 0 N–H and O–H groups in total. The lowest BCUT2D eigenvalue weighted by Gasteiger charge is -2.26. The van der Waals surface area contributed by atoms with Crippen LogP contribution in [0.25, 0.3) is 34.2 Å². The van der Waals surface area contributed by atoms with Gasteiger partial charge in [0, 0.05) is 24.9 Å². The number of benzene rings is 2. The average Bonchev–Trinajstić information content (AvgIpc) is 3.39. The zero-order valence-corrected chi connectivity index (χ0v) is 19.7. The molecule has 4 aromatic rings. The van der Waals surface area contributed by atoms with Crippen molar-refractivity contribution in [2.45, 2.75) is 13.8 Å². The van der Waals surface area contributed by atoms with Gasteiger partial charge in [0.05, 0.1) is 11.2 Å². The van der Waals surface area contributed by atoms with Crippen molar-refractivity contribution >= 4 is 29.1 Å². The second-order valence-corrected chi connectivity index (χ2v) is 8.33. The first kappa shape index (κ1) is 22.1. The Morgan fingerprint density at radius 2 is 1.66 bits per heavy atom. The summed E-state index contributed by atoms with van der Waals surface area (Å²) in [5.74, 6) is -0.439. The minimum absolute atomic E-state index is 0.0218. The number of hydrogen-bond acceptors (Lipinski definition) is 4. The Morgan fingerprint density at radius 1 is 1.00 bits per heavy atom. The minimum atomic E-state index is -0.557. The van der Waals surface area contributed by atoms with E-state index in [1.165, 1.54) is 0 Å². The zero-order valence-electron chi connectivity index (χ0n) is 19.7. The number of nitrogens with zero attached hydrogens (tertiary/aromatic N) is 5. The van der Waals surface area contributed by atoms with Gasteiger partial charge in [-0.2, -0.15) is 5.26 Å². The van der Waals surface area contributed by atoms with Crippen LogP contribution in [0.4, 0.5) is 0 Å². The number of carbonyl (C=O) groups is 2. The van der Waals surface area contributed by atoms with Gasteiger partial charge in [0.2, 0.25) is 0 Å². The van der Waals surface area contributed by atoms with Crippen LogP contribution >= 0.6 is 0 Å². The third-order valence-electron chi connectivity index (χ3n) is 6.37. The summed E-state index contributed by atoms with van der Waals surface area (Å²) in [6.07, 6.45) is 1.68. The van der Waals surface area contributed by atoms with E-state index in [-0.39, 0.29) is 12.1 Å². The third-order valence-corrected chi connectivity index (χ3v) is 6.37. The molecule has 3 heterocycles. The standard InChI is InChI=1S/C28H23N5O2/c1-4-32-27(34)21(18(2)22(17-29)28(32)35)15-25-30-26-24(33(25)20-13-9-6-10-14-20)16-23(31(26)3)19-11-7-5-8-12-19/h5-16H,4H2,1-3H3/b21-15-. The Morgan fingerprint density at radius 3 is 2.29 bits per heavy atom. The van der Waals surface area contributed by atoms with Gasteiger partial charge in [0.15, 0.2) is 5.65 Å². The van der Waals surface area contributed by atoms with E-state index in [9.17, 15) is 14.9 Å². The van der Waals surface area contributed by atoms with Crippen molar-refractivity contribution in [2.75, 3.05) is 6.54 Å². The summed E-state index contributed by atoms with van der Waals surface area (Å²) in [7, 11) is 1.96. The van der Waals surface area contributed by atoms with Gasteiger partial charge in [0.1, 0.15) is 17.5 Å². The van der Waals surface area contributed by atoms with Crippen LogP contribution in [0.2, 0.25) is 0 Å². The van der Waals surface area contributed by atoms with Gasteiger partial charge >= 0.3 is 0 Å². The normalized spacial score (nSPS) is 15.4. The van der Waals surface area contributed by atoms with Crippen LogP contribution in [0.15, 0.2) is 83.4 Å². The largest absolute Gasteiger partial charge is 0.327 e. The molecule has 0 radical (unpaired) electrons. The summed E-state index contributed by atoms with van der Waals surface area (Å²) in [6.45, 7) is 3.53. The number of imidazole rings is 1. The van der Waals surface area contributed by atoms with E-state index in [1.54, 1.807) is 19.9 Å². The molecule has 7 nitrogen and oxygen atoms in total. The number of aromatic nitrogens is 3. The number of rotatable bonds is 4. The lowest BCUT2D eigenvalue weighted by molar-refractivity contribution is -0.140. The molecule has 35 heavy (non-hydrogen) atoms.